The molecule has 0 bridgehead atoms. The zero-order chi connectivity index (χ0) is 27.7. The van der Waals surface area contributed by atoms with Gasteiger partial charge in [0.05, 0.1) is 31.8 Å². The van der Waals surface area contributed by atoms with Crippen LogP contribution in [-0.2, 0) is 38.3 Å². The van der Waals surface area contributed by atoms with Gasteiger partial charge in [0.15, 0.2) is 0 Å². The number of anilines is 1. The molecule has 2 saturated heterocycles. The predicted molar refractivity (Wildman–Crippen MR) is 155 cm³/mol. The Labute approximate surface area is 234 Å². The van der Waals surface area contributed by atoms with Gasteiger partial charge in [-0.1, -0.05) is 31.2 Å². The molecule has 7 nitrogen and oxygen atoms in total. The average molecular weight is 538 g/mol. The second-order valence-electron chi connectivity index (χ2n) is 11.9. The summed E-state index contributed by atoms with van der Waals surface area (Å²) in [5.74, 6) is 0.882. The predicted octanol–water partition coefficient (Wildman–Crippen LogP) is 4.85. The Morgan fingerprint density at radius 1 is 1.03 bits per heavy atom. The largest absolute Gasteiger partial charge is 0.460 e. The lowest BCUT2D eigenvalue weighted by atomic mass is 9.89. The maximum Gasteiger partial charge on any atom is 0.308 e. The van der Waals surface area contributed by atoms with Crippen molar-refractivity contribution in [3.8, 4) is 0 Å². The summed E-state index contributed by atoms with van der Waals surface area (Å²) < 4.78 is 17.4. The minimum absolute atomic E-state index is 0.0535. The molecule has 7 heteroatoms. The summed E-state index contributed by atoms with van der Waals surface area (Å²) >= 11 is 0. The van der Waals surface area contributed by atoms with E-state index < -0.39 is 5.60 Å². The zero-order valence-electron chi connectivity index (χ0n) is 24.4. The highest BCUT2D eigenvalue weighted by Crippen LogP contribution is 2.32. The summed E-state index contributed by atoms with van der Waals surface area (Å²) in [6, 6.07) is 13.2. The van der Waals surface area contributed by atoms with E-state index >= 15 is 0 Å². The molecule has 2 fully saturated rings. The summed E-state index contributed by atoms with van der Waals surface area (Å²) in [6.07, 6.45) is 7.29. The summed E-state index contributed by atoms with van der Waals surface area (Å²) in [4.78, 5) is 21.5. The van der Waals surface area contributed by atoms with Crippen molar-refractivity contribution in [3.05, 3.63) is 59.3 Å². The van der Waals surface area contributed by atoms with Crippen molar-refractivity contribution in [2.75, 3.05) is 57.4 Å². The molecule has 0 radical (unpaired) electrons. The monoisotopic (exact) mass is 537 g/mol. The SMILES string of the molecule is CCc1ccnc(N2CCOC3(CCN(CCc4cccc(CCOCCC(=O)OC(C)(C)C)c4)CC3)C2)c1. The molecule has 1 aromatic heterocycles. The fourth-order valence-corrected chi connectivity index (χ4v) is 5.45. The highest BCUT2D eigenvalue weighted by atomic mass is 16.6. The van der Waals surface area contributed by atoms with E-state index in [0.29, 0.717) is 19.6 Å². The van der Waals surface area contributed by atoms with Gasteiger partial charge < -0.3 is 24.0 Å². The van der Waals surface area contributed by atoms with Crippen molar-refractivity contribution >= 4 is 11.8 Å². The molecule has 4 rings (SSSR count). The Kier molecular flexibility index (Phi) is 10.4. The van der Waals surface area contributed by atoms with Crippen LogP contribution in [-0.4, -0.2) is 79.6 Å². The minimum Gasteiger partial charge on any atom is -0.460 e. The number of rotatable bonds is 11. The fraction of sp³-hybridized carbons (Fsp3) is 0.625. The van der Waals surface area contributed by atoms with Gasteiger partial charge in [-0.2, -0.15) is 0 Å². The van der Waals surface area contributed by atoms with Crippen LogP contribution in [0.15, 0.2) is 42.6 Å². The number of hydrogen-bond donors (Lipinski definition) is 0. The number of nitrogens with zero attached hydrogens (tertiary/aromatic N) is 3. The molecule has 3 heterocycles. The Morgan fingerprint density at radius 3 is 2.54 bits per heavy atom. The van der Waals surface area contributed by atoms with Crippen molar-refractivity contribution in [2.45, 2.75) is 77.4 Å². The first-order chi connectivity index (χ1) is 18.7. The molecule has 1 spiro atoms. The van der Waals surface area contributed by atoms with Crippen LogP contribution in [0, 0.1) is 0 Å². The first kappa shape index (κ1) is 29.5. The third-order valence-electron chi connectivity index (χ3n) is 7.67. The van der Waals surface area contributed by atoms with Crippen LogP contribution in [0.25, 0.3) is 0 Å². The topological polar surface area (TPSA) is 64.1 Å². The smallest absolute Gasteiger partial charge is 0.308 e. The number of benzene rings is 1. The van der Waals surface area contributed by atoms with Crippen molar-refractivity contribution in [1.82, 2.24) is 9.88 Å². The molecular weight excluding hydrogens is 490 g/mol. The second kappa shape index (κ2) is 13.7. The van der Waals surface area contributed by atoms with Gasteiger partial charge in [-0.15, -0.1) is 0 Å². The van der Waals surface area contributed by atoms with Crippen LogP contribution in [0.5, 0.6) is 0 Å². The molecule has 0 aliphatic carbocycles. The van der Waals surface area contributed by atoms with Crippen molar-refractivity contribution in [2.24, 2.45) is 0 Å². The van der Waals surface area contributed by atoms with Crippen LogP contribution in [0.4, 0.5) is 5.82 Å². The fourth-order valence-electron chi connectivity index (χ4n) is 5.45. The van der Waals surface area contributed by atoms with Gasteiger partial charge in [0.25, 0.3) is 0 Å². The number of esters is 1. The van der Waals surface area contributed by atoms with E-state index in [1.54, 1.807) is 0 Å². The first-order valence-electron chi connectivity index (χ1n) is 14.7. The molecule has 0 N–H and O–H groups in total. The average Bonchev–Trinajstić information content (AvgIpc) is 2.92. The zero-order valence-corrected chi connectivity index (χ0v) is 24.4. The quantitative estimate of drug-likeness (QED) is 0.300. The van der Waals surface area contributed by atoms with Gasteiger partial charge in [-0.3, -0.25) is 4.79 Å². The van der Waals surface area contributed by atoms with Crippen molar-refractivity contribution in [3.63, 3.8) is 0 Å². The Hall–Kier alpha value is -2.48. The lowest BCUT2D eigenvalue weighted by Gasteiger charge is -2.47. The first-order valence-corrected chi connectivity index (χ1v) is 14.7. The van der Waals surface area contributed by atoms with E-state index in [2.05, 4.69) is 58.1 Å². The van der Waals surface area contributed by atoms with E-state index in [0.717, 1.165) is 77.3 Å². The summed E-state index contributed by atoms with van der Waals surface area (Å²) in [6.45, 7) is 14.7. The number of carbonyl (C=O) groups excluding carboxylic acids is 1. The van der Waals surface area contributed by atoms with Crippen LogP contribution >= 0.6 is 0 Å². The molecule has 2 aliphatic rings. The molecular formula is C32H47N3O4. The summed E-state index contributed by atoms with van der Waals surface area (Å²) in [5, 5.41) is 0. The summed E-state index contributed by atoms with van der Waals surface area (Å²) in [5.41, 5.74) is 3.48. The third kappa shape index (κ3) is 9.30. The van der Waals surface area contributed by atoms with Gasteiger partial charge >= 0.3 is 5.97 Å². The third-order valence-corrected chi connectivity index (χ3v) is 7.67. The van der Waals surface area contributed by atoms with Gasteiger partial charge in [0, 0.05) is 38.9 Å². The molecule has 39 heavy (non-hydrogen) atoms. The Balaban J connectivity index is 1.17. The lowest BCUT2D eigenvalue weighted by Crippen LogP contribution is -2.57. The molecule has 1 aromatic carbocycles. The van der Waals surface area contributed by atoms with Gasteiger partial charge in [0.2, 0.25) is 0 Å². The van der Waals surface area contributed by atoms with E-state index in [9.17, 15) is 4.79 Å². The Bertz CT molecular complexity index is 1060. The molecule has 2 aromatic rings. The van der Waals surface area contributed by atoms with Gasteiger partial charge in [-0.25, -0.2) is 4.98 Å². The van der Waals surface area contributed by atoms with Crippen LogP contribution < -0.4 is 4.90 Å². The van der Waals surface area contributed by atoms with E-state index in [-0.39, 0.29) is 11.6 Å². The maximum atomic E-state index is 11.8. The van der Waals surface area contributed by atoms with Gasteiger partial charge in [0.1, 0.15) is 11.4 Å². The number of morpholine rings is 1. The van der Waals surface area contributed by atoms with E-state index in [4.69, 9.17) is 14.2 Å². The minimum atomic E-state index is -0.447. The number of hydrogen-bond acceptors (Lipinski definition) is 7. The Morgan fingerprint density at radius 2 is 1.79 bits per heavy atom. The molecule has 0 saturated carbocycles. The number of aromatic nitrogens is 1. The second-order valence-corrected chi connectivity index (χ2v) is 11.9. The standard InChI is InChI=1S/C32H47N3O4/c1-5-26-9-15-33-29(24-26)35-19-22-38-32(25-35)13-17-34(18-14-32)16-10-27-7-6-8-28(23-27)11-20-37-21-12-30(36)39-31(2,3)4/h6-9,15,23-24H,5,10-14,16-22,25H2,1-4H3. The highest BCUT2D eigenvalue weighted by molar-refractivity contribution is 5.69. The van der Waals surface area contributed by atoms with Crippen LogP contribution in [0.3, 0.4) is 0 Å². The van der Waals surface area contributed by atoms with Crippen molar-refractivity contribution in [1.29, 1.82) is 0 Å². The highest BCUT2D eigenvalue weighted by Gasteiger charge is 2.40. The maximum absolute atomic E-state index is 11.8. The molecule has 0 atom stereocenters. The molecule has 214 valence electrons. The van der Waals surface area contributed by atoms with Crippen molar-refractivity contribution < 1.29 is 19.0 Å². The molecule has 0 amide bonds. The number of piperidine rings is 1. The lowest BCUT2D eigenvalue weighted by molar-refractivity contribution is -0.156. The number of carbonyl (C=O) groups is 1. The molecule has 0 unspecified atom stereocenters. The number of aryl methyl sites for hydroxylation is 1. The number of ether oxygens (including phenoxy) is 3. The molecule has 2 aliphatic heterocycles. The van der Waals surface area contributed by atoms with Crippen LogP contribution in [0.1, 0.15) is 63.6 Å². The number of likely N-dealkylation sites (tertiary alicyclic amines) is 1. The summed E-state index contributed by atoms with van der Waals surface area (Å²) in [7, 11) is 0. The normalized spacial score (nSPS) is 17.9. The van der Waals surface area contributed by atoms with Gasteiger partial charge in [-0.05, 0) is 81.7 Å². The van der Waals surface area contributed by atoms with Crippen LogP contribution in [0.2, 0.25) is 0 Å². The number of pyridine rings is 1. The van der Waals surface area contributed by atoms with E-state index in [1.807, 2.05) is 27.0 Å². The van der Waals surface area contributed by atoms with E-state index in [1.165, 1.54) is 16.7 Å².